The number of hydrogen-bond donors (Lipinski definition) is 2. The van der Waals surface area contributed by atoms with Gasteiger partial charge in [-0.2, -0.15) is 0 Å². The number of unbranched alkanes of at least 4 members (excludes halogenated alkanes) is 13. The average molecular weight is 805 g/mol. The second-order valence-electron chi connectivity index (χ2n) is 17.2. The fourth-order valence-electron chi connectivity index (χ4n) is 6.56. The third-order valence-electron chi connectivity index (χ3n) is 9.55. The summed E-state index contributed by atoms with van der Waals surface area (Å²) < 4.78 is 35.3. The number of allylic oxidation sites excluding steroid dienone is 2. The quantitative estimate of drug-likeness (QED) is 0.0275. The van der Waals surface area contributed by atoms with Gasteiger partial charge in [0.15, 0.2) is 18.3 Å². The highest BCUT2D eigenvalue weighted by Gasteiger charge is 2.49. The van der Waals surface area contributed by atoms with Gasteiger partial charge in [-0.25, -0.2) is 4.79 Å². The van der Waals surface area contributed by atoms with E-state index in [0.29, 0.717) is 25.0 Å². The molecule has 2 N–H and O–H groups in total. The Morgan fingerprint density at radius 3 is 1.75 bits per heavy atom. The van der Waals surface area contributed by atoms with Crippen LogP contribution in [0.2, 0.25) is 0 Å². The van der Waals surface area contributed by atoms with E-state index in [2.05, 4.69) is 19.1 Å². The minimum absolute atomic E-state index is 0.121. The summed E-state index contributed by atoms with van der Waals surface area (Å²) in [6, 6.07) is 8.44. The maximum absolute atomic E-state index is 13.2. The second-order valence-corrected chi connectivity index (χ2v) is 17.2. The summed E-state index contributed by atoms with van der Waals surface area (Å²) in [4.78, 5) is 39.2. The molecule has 0 amide bonds. The zero-order valence-corrected chi connectivity index (χ0v) is 36.2. The molecule has 2 rings (SSSR count). The highest BCUT2D eigenvalue weighted by atomic mass is 16.7. The van der Waals surface area contributed by atoms with Crippen LogP contribution in [0.1, 0.15) is 168 Å². The van der Waals surface area contributed by atoms with E-state index in [9.17, 15) is 24.6 Å². The standard InChI is InChI=1S/C46H76O11/c1-8-9-10-11-12-13-14-15-16-17-18-19-20-21-22-27-33-53-44-40(39(38(48)37(34-47)54-44)55-41(49)35-29-24-23-25-30-35)52-32-28-26-31-36(42(50)56-45(2,3)4)43(51)57-46(5,6)7/h10-11,23-25,29-30,36-40,44,47-48H,8-9,12-22,26-28,31-34H2,1-7H3/t37-,38+,39+,40-,44+/m1/s1. The first-order valence-corrected chi connectivity index (χ1v) is 21.7. The molecular weight excluding hydrogens is 728 g/mol. The maximum Gasteiger partial charge on any atom is 0.338 e. The Bertz CT molecular complexity index is 1240. The van der Waals surface area contributed by atoms with Gasteiger partial charge in [-0.05, 0) is 98.6 Å². The smallest absolute Gasteiger partial charge is 0.338 e. The Morgan fingerprint density at radius 2 is 1.21 bits per heavy atom. The molecule has 57 heavy (non-hydrogen) atoms. The van der Waals surface area contributed by atoms with Gasteiger partial charge in [0.1, 0.15) is 29.5 Å². The van der Waals surface area contributed by atoms with Crippen LogP contribution in [0.25, 0.3) is 0 Å². The lowest BCUT2D eigenvalue weighted by molar-refractivity contribution is -0.309. The monoisotopic (exact) mass is 805 g/mol. The van der Waals surface area contributed by atoms with Crippen LogP contribution in [0, 0.1) is 5.92 Å². The summed E-state index contributed by atoms with van der Waals surface area (Å²) in [5.41, 5.74) is -1.25. The van der Waals surface area contributed by atoms with E-state index in [1.807, 2.05) is 0 Å². The van der Waals surface area contributed by atoms with E-state index in [4.69, 9.17) is 28.4 Å². The third-order valence-corrected chi connectivity index (χ3v) is 9.55. The van der Waals surface area contributed by atoms with Gasteiger partial charge in [-0.3, -0.25) is 9.59 Å². The molecule has 1 fully saturated rings. The maximum atomic E-state index is 13.2. The Labute approximate surface area is 343 Å². The van der Waals surface area contributed by atoms with Crippen LogP contribution < -0.4 is 0 Å². The molecule has 5 atom stereocenters. The summed E-state index contributed by atoms with van der Waals surface area (Å²) in [6.45, 7) is 12.6. The Morgan fingerprint density at radius 1 is 0.702 bits per heavy atom. The first-order chi connectivity index (χ1) is 27.2. The van der Waals surface area contributed by atoms with Gasteiger partial charge in [0.2, 0.25) is 0 Å². The van der Waals surface area contributed by atoms with Gasteiger partial charge in [-0.15, -0.1) is 0 Å². The Hall–Kier alpha value is -2.83. The summed E-state index contributed by atoms with van der Waals surface area (Å²) in [5, 5.41) is 21.3. The molecule has 326 valence electrons. The van der Waals surface area contributed by atoms with Gasteiger partial charge < -0.3 is 38.6 Å². The molecule has 0 aliphatic carbocycles. The van der Waals surface area contributed by atoms with Crippen molar-refractivity contribution in [2.24, 2.45) is 5.92 Å². The van der Waals surface area contributed by atoms with Crippen LogP contribution in [0.15, 0.2) is 42.5 Å². The van der Waals surface area contributed by atoms with Crippen molar-refractivity contribution in [2.45, 2.75) is 200 Å². The number of ether oxygens (including phenoxy) is 6. The number of carbonyl (C=O) groups is 3. The molecule has 1 aliphatic heterocycles. The zero-order valence-electron chi connectivity index (χ0n) is 36.2. The van der Waals surface area contributed by atoms with Gasteiger partial charge >= 0.3 is 17.9 Å². The molecule has 1 aromatic carbocycles. The number of aliphatic hydroxyl groups excluding tert-OH is 2. The lowest BCUT2D eigenvalue weighted by Crippen LogP contribution is -2.61. The predicted octanol–water partition coefficient (Wildman–Crippen LogP) is 9.20. The van der Waals surface area contributed by atoms with Gasteiger partial charge in [0, 0.05) is 13.2 Å². The molecule has 0 radical (unpaired) electrons. The molecule has 1 heterocycles. The van der Waals surface area contributed by atoms with Crippen LogP contribution in [-0.4, -0.2) is 89.8 Å². The molecule has 0 saturated carbocycles. The normalized spacial score (nSPS) is 20.2. The number of hydrogen-bond acceptors (Lipinski definition) is 11. The molecule has 0 spiro atoms. The Kier molecular flexibility index (Phi) is 24.5. The van der Waals surface area contributed by atoms with Crippen LogP contribution in [-0.2, 0) is 38.0 Å². The molecule has 11 nitrogen and oxygen atoms in total. The van der Waals surface area contributed by atoms with E-state index in [1.165, 1.54) is 70.6 Å². The van der Waals surface area contributed by atoms with Crippen molar-refractivity contribution in [3.63, 3.8) is 0 Å². The third kappa shape index (κ3) is 21.7. The Balaban J connectivity index is 1.94. The first kappa shape index (κ1) is 50.3. The number of carbonyl (C=O) groups excluding carboxylic acids is 3. The van der Waals surface area contributed by atoms with Crippen LogP contribution in [0.3, 0.4) is 0 Å². The fourth-order valence-corrected chi connectivity index (χ4v) is 6.56. The fraction of sp³-hybridized carbons (Fsp3) is 0.761. The van der Waals surface area contributed by atoms with Crippen molar-refractivity contribution in [2.75, 3.05) is 19.8 Å². The molecular formula is C46H76O11. The van der Waals surface area contributed by atoms with Crippen molar-refractivity contribution in [1.82, 2.24) is 0 Å². The van der Waals surface area contributed by atoms with E-state index in [1.54, 1.807) is 71.9 Å². The highest BCUT2D eigenvalue weighted by Crippen LogP contribution is 2.29. The van der Waals surface area contributed by atoms with Crippen molar-refractivity contribution in [3.8, 4) is 0 Å². The van der Waals surface area contributed by atoms with E-state index < -0.39 is 72.3 Å². The van der Waals surface area contributed by atoms with Gasteiger partial charge in [0.25, 0.3) is 0 Å². The summed E-state index contributed by atoms with van der Waals surface area (Å²) in [6.07, 6.45) is 16.6. The number of esters is 3. The lowest BCUT2D eigenvalue weighted by atomic mass is 9.98. The highest BCUT2D eigenvalue weighted by molar-refractivity contribution is 5.95. The molecule has 0 aromatic heterocycles. The van der Waals surface area contributed by atoms with E-state index in [-0.39, 0.29) is 13.0 Å². The minimum Gasteiger partial charge on any atom is -0.459 e. The number of rotatable bonds is 28. The summed E-state index contributed by atoms with van der Waals surface area (Å²) in [7, 11) is 0. The van der Waals surface area contributed by atoms with Crippen LogP contribution in [0.4, 0.5) is 0 Å². The van der Waals surface area contributed by atoms with Crippen molar-refractivity contribution >= 4 is 17.9 Å². The first-order valence-electron chi connectivity index (χ1n) is 21.7. The van der Waals surface area contributed by atoms with Crippen molar-refractivity contribution in [3.05, 3.63) is 48.0 Å². The topological polar surface area (TPSA) is 147 Å². The summed E-state index contributed by atoms with van der Waals surface area (Å²) in [5.74, 6) is -3.06. The number of aliphatic hydroxyl groups is 2. The minimum atomic E-state index is -1.39. The molecule has 0 unspecified atom stereocenters. The molecule has 1 aliphatic rings. The summed E-state index contributed by atoms with van der Waals surface area (Å²) >= 11 is 0. The second kappa shape index (κ2) is 27.8. The largest absolute Gasteiger partial charge is 0.459 e. The average Bonchev–Trinajstić information content (AvgIpc) is 3.14. The molecule has 0 bridgehead atoms. The van der Waals surface area contributed by atoms with Crippen molar-refractivity contribution in [1.29, 1.82) is 0 Å². The SMILES string of the molecule is CCCC=CCCCCCCCCCCCCCO[C@H]1O[C@H](CO)[C@H](O)[C@H](OC(=O)c2ccccc2)[C@H]1OCCCCC(C(=O)OC(C)(C)C)C(=O)OC(C)(C)C. The predicted molar refractivity (Wildman–Crippen MR) is 222 cm³/mol. The lowest BCUT2D eigenvalue weighted by Gasteiger charge is -2.43. The molecule has 1 saturated heterocycles. The van der Waals surface area contributed by atoms with E-state index in [0.717, 1.165) is 19.3 Å². The van der Waals surface area contributed by atoms with E-state index >= 15 is 0 Å². The van der Waals surface area contributed by atoms with Crippen LogP contribution >= 0.6 is 0 Å². The zero-order chi connectivity index (χ0) is 42.1. The number of benzene rings is 1. The molecule has 1 aromatic rings. The van der Waals surface area contributed by atoms with Crippen molar-refractivity contribution < 1.29 is 53.0 Å². The molecule has 11 heteroatoms. The van der Waals surface area contributed by atoms with Crippen LogP contribution in [0.5, 0.6) is 0 Å². The van der Waals surface area contributed by atoms with Gasteiger partial charge in [0.05, 0.1) is 12.2 Å². The van der Waals surface area contributed by atoms with Gasteiger partial charge in [-0.1, -0.05) is 101 Å².